The summed E-state index contributed by atoms with van der Waals surface area (Å²) in [5.41, 5.74) is 0. The molecule has 0 spiro atoms. The summed E-state index contributed by atoms with van der Waals surface area (Å²) in [5.74, 6) is 0. The quantitative estimate of drug-likeness (QED) is 0.336. The third kappa shape index (κ3) is 1900. The van der Waals surface area contributed by atoms with Crippen LogP contribution in [0.15, 0.2) is 0 Å². The Morgan fingerprint density at radius 1 is 0.733 bits per heavy atom. The first-order chi connectivity index (χ1) is 5.73. The largest absolute Gasteiger partial charge is 0.870 e. The molecule has 0 aromatic carbocycles. The highest BCUT2D eigenvalue weighted by atomic mass is 16.9. The predicted octanol–water partition coefficient (Wildman–Crippen LogP) is 0.229. The van der Waals surface area contributed by atoms with Crippen molar-refractivity contribution in [2.75, 3.05) is 56.4 Å². The van der Waals surface area contributed by atoms with E-state index >= 15 is 0 Å². The molecule has 0 saturated carbocycles. The lowest BCUT2D eigenvalue weighted by Crippen LogP contribution is -2.27. The molecule has 0 aromatic rings. The number of quaternary nitrogens is 2. The molecule has 96 valence electrons. The minimum absolute atomic E-state index is 0. The summed E-state index contributed by atoms with van der Waals surface area (Å²) in [7, 11) is 17.0. The Morgan fingerprint density at radius 2 is 0.733 bits per heavy atom. The maximum Gasteiger partial charge on any atom is 0.0689 e. The van der Waals surface area contributed by atoms with Gasteiger partial charge in [0.05, 0.1) is 61.5 Å². The van der Waals surface area contributed by atoms with E-state index in [4.69, 9.17) is 15.3 Å². The number of hydrogen-bond donors (Lipinski definition) is 0. The van der Waals surface area contributed by atoms with Gasteiger partial charge in [0.25, 0.3) is 0 Å². The van der Waals surface area contributed by atoms with Crippen molar-refractivity contribution in [1.82, 2.24) is 0 Å². The van der Waals surface area contributed by atoms with Crippen LogP contribution in [0.5, 0.6) is 0 Å². The van der Waals surface area contributed by atoms with Crippen LogP contribution in [-0.4, -0.2) is 75.9 Å². The second-order valence-electron chi connectivity index (χ2n) is 5.59. The van der Waals surface area contributed by atoms with Crippen molar-refractivity contribution in [3.05, 3.63) is 15.3 Å². The molecular formula is C8H25N3O4. The van der Waals surface area contributed by atoms with E-state index in [0.29, 0.717) is 0 Å². The third-order valence-electron chi connectivity index (χ3n) is 0. The molecule has 0 amide bonds. The summed E-state index contributed by atoms with van der Waals surface area (Å²) in [5, 5.41) is 14.8. The van der Waals surface area contributed by atoms with Crippen molar-refractivity contribution in [3.8, 4) is 0 Å². The first kappa shape index (κ1) is 23.7. The lowest BCUT2D eigenvalue weighted by Gasteiger charge is -2.14. The maximum absolute atomic E-state index is 8.25. The molecule has 0 rings (SSSR count). The lowest BCUT2D eigenvalue weighted by molar-refractivity contribution is -0.849. The van der Waals surface area contributed by atoms with E-state index in [1.807, 2.05) is 0 Å². The van der Waals surface area contributed by atoms with Gasteiger partial charge in [0.1, 0.15) is 0 Å². The molecule has 0 radical (unpaired) electrons. The van der Waals surface area contributed by atoms with Gasteiger partial charge in [0.15, 0.2) is 0 Å². The van der Waals surface area contributed by atoms with Crippen LogP contribution in [0.4, 0.5) is 0 Å². The highest BCUT2D eigenvalue weighted by Crippen LogP contribution is 1.74. The third-order valence-corrected chi connectivity index (χ3v) is 0. The van der Waals surface area contributed by atoms with Gasteiger partial charge in [-0.2, -0.15) is 0 Å². The Hall–Kier alpha value is -0.920. The standard InChI is InChI=1S/2C4H12N.NO3.H2O/c2*1-5(2,3)4;2-1(3)4;/h2*1-4H3;;1H2/q2*+1;-1;/p-1. The monoisotopic (exact) mass is 227 g/mol. The van der Waals surface area contributed by atoms with E-state index in [9.17, 15) is 0 Å². The molecule has 7 nitrogen and oxygen atoms in total. The van der Waals surface area contributed by atoms with E-state index in [1.54, 1.807) is 0 Å². The maximum atomic E-state index is 8.25. The second kappa shape index (κ2) is 9.63. The van der Waals surface area contributed by atoms with Crippen molar-refractivity contribution in [2.24, 2.45) is 0 Å². The first-order valence-corrected chi connectivity index (χ1v) is 4.13. The van der Waals surface area contributed by atoms with E-state index in [-0.39, 0.29) is 5.48 Å². The lowest BCUT2D eigenvalue weighted by atomic mass is 10.8. The van der Waals surface area contributed by atoms with Gasteiger partial charge in [-0.05, 0) is 0 Å². The molecule has 0 fully saturated rings. The Bertz CT molecular complexity index is 121. The van der Waals surface area contributed by atoms with Gasteiger partial charge < -0.3 is 29.8 Å². The van der Waals surface area contributed by atoms with Gasteiger partial charge in [-0.25, -0.2) is 0 Å². The summed E-state index contributed by atoms with van der Waals surface area (Å²) in [4.78, 5) is 8.25. The van der Waals surface area contributed by atoms with Crippen molar-refractivity contribution in [1.29, 1.82) is 0 Å². The van der Waals surface area contributed by atoms with E-state index in [2.05, 4.69) is 56.4 Å². The van der Waals surface area contributed by atoms with Gasteiger partial charge in [-0.3, -0.25) is 0 Å². The molecule has 0 saturated heterocycles. The van der Waals surface area contributed by atoms with Gasteiger partial charge in [0.2, 0.25) is 0 Å². The molecule has 15 heavy (non-hydrogen) atoms. The fourth-order valence-electron chi connectivity index (χ4n) is 0. The van der Waals surface area contributed by atoms with E-state index in [1.165, 1.54) is 0 Å². The van der Waals surface area contributed by atoms with Crippen molar-refractivity contribution in [3.63, 3.8) is 0 Å². The van der Waals surface area contributed by atoms with Crippen LogP contribution in [0.3, 0.4) is 0 Å². The molecule has 0 unspecified atom stereocenters. The predicted molar refractivity (Wildman–Crippen MR) is 60.2 cm³/mol. The van der Waals surface area contributed by atoms with Gasteiger partial charge in [-0.15, -0.1) is 0 Å². The minimum atomic E-state index is -1.75. The van der Waals surface area contributed by atoms with Crippen molar-refractivity contribution < 1.29 is 19.5 Å². The highest BCUT2D eigenvalue weighted by Gasteiger charge is 1.88. The summed E-state index contributed by atoms with van der Waals surface area (Å²) in [6.45, 7) is 0. The van der Waals surface area contributed by atoms with Crippen LogP contribution in [-0.2, 0) is 0 Å². The van der Waals surface area contributed by atoms with Crippen LogP contribution in [0.1, 0.15) is 0 Å². The average Bonchev–Trinajstić information content (AvgIpc) is 1.45. The fraction of sp³-hybridized carbons (Fsp3) is 1.00. The number of hydrogen-bond acceptors (Lipinski definition) is 4. The Balaban J connectivity index is -0.0000000590. The molecule has 0 bridgehead atoms. The zero-order chi connectivity index (χ0) is 12.6. The van der Waals surface area contributed by atoms with Gasteiger partial charge in [0, 0.05) is 0 Å². The minimum Gasteiger partial charge on any atom is -0.870 e. The van der Waals surface area contributed by atoms with E-state index < -0.39 is 5.09 Å². The molecule has 0 aromatic heterocycles. The Kier molecular flexibility index (Phi) is 15.2. The summed E-state index contributed by atoms with van der Waals surface area (Å²) < 4.78 is 2.00. The molecule has 0 heterocycles. The van der Waals surface area contributed by atoms with Crippen LogP contribution in [0.2, 0.25) is 0 Å². The van der Waals surface area contributed by atoms with Crippen LogP contribution < -0.4 is 0 Å². The Morgan fingerprint density at radius 3 is 0.733 bits per heavy atom. The fourth-order valence-corrected chi connectivity index (χ4v) is 0. The zero-order valence-corrected chi connectivity index (χ0v) is 11.0. The smallest absolute Gasteiger partial charge is 0.0689 e. The highest BCUT2D eigenvalue weighted by molar-refractivity contribution is 4.03. The van der Waals surface area contributed by atoms with Crippen molar-refractivity contribution in [2.45, 2.75) is 0 Å². The normalized spacial score (nSPS) is 9.60. The molecule has 0 aliphatic heterocycles. The number of nitrogens with zero attached hydrogens (tertiary/aromatic N) is 3. The molecule has 0 aliphatic carbocycles. The van der Waals surface area contributed by atoms with Crippen LogP contribution in [0.25, 0.3) is 0 Å². The van der Waals surface area contributed by atoms with Crippen LogP contribution >= 0.6 is 0 Å². The van der Waals surface area contributed by atoms with Crippen LogP contribution in [0, 0.1) is 15.3 Å². The topological polar surface area (TPSA) is 96.2 Å². The number of rotatable bonds is 0. The first-order valence-electron chi connectivity index (χ1n) is 4.13. The van der Waals surface area contributed by atoms with E-state index in [0.717, 1.165) is 8.97 Å². The molecule has 1 N–H and O–H groups in total. The SMILES string of the molecule is C[N+](C)(C)C.C[N+](C)(C)C.O=[N+]([O-])[O-].[OH-]. The second-order valence-corrected chi connectivity index (χ2v) is 5.59. The summed E-state index contributed by atoms with van der Waals surface area (Å²) in [6.07, 6.45) is 0. The summed E-state index contributed by atoms with van der Waals surface area (Å²) >= 11 is 0. The molecule has 0 atom stereocenters. The van der Waals surface area contributed by atoms with Gasteiger partial charge in [-0.1, -0.05) is 0 Å². The average molecular weight is 227 g/mol. The summed E-state index contributed by atoms with van der Waals surface area (Å²) in [6, 6.07) is 0. The molecule has 7 heteroatoms. The Labute approximate surface area is 92.1 Å². The zero-order valence-electron chi connectivity index (χ0n) is 11.0. The van der Waals surface area contributed by atoms with Gasteiger partial charge >= 0.3 is 0 Å². The van der Waals surface area contributed by atoms with Crippen molar-refractivity contribution >= 4 is 0 Å². The molecule has 0 aliphatic rings. The molecular weight excluding hydrogens is 202 g/mol.